The lowest BCUT2D eigenvalue weighted by molar-refractivity contribution is -0.686. The van der Waals surface area contributed by atoms with E-state index in [1.165, 1.54) is 18.7 Å². The molecule has 2 aromatic rings. The molecule has 2 aromatic carbocycles. The summed E-state index contributed by atoms with van der Waals surface area (Å²) in [5.74, 6) is -0.580. The van der Waals surface area contributed by atoms with Crippen molar-refractivity contribution in [2.45, 2.75) is 20.0 Å². The van der Waals surface area contributed by atoms with Gasteiger partial charge in [-0.15, -0.1) is 0 Å². The lowest BCUT2D eigenvalue weighted by Gasteiger charge is -2.05. The highest BCUT2D eigenvalue weighted by Gasteiger charge is 2.18. The van der Waals surface area contributed by atoms with Crippen LogP contribution in [0.2, 0.25) is 0 Å². The summed E-state index contributed by atoms with van der Waals surface area (Å²) in [7, 11) is 1.25. The molecule has 0 aromatic heterocycles. The third-order valence-corrected chi connectivity index (χ3v) is 3.57. The van der Waals surface area contributed by atoms with E-state index in [2.05, 4.69) is 4.74 Å². The van der Waals surface area contributed by atoms with E-state index in [0.29, 0.717) is 12.1 Å². The Morgan fingerprint density at radius 1 is 1.17 bits per heavy atom. The first-order chi connectivity index (χ1) is 11.0. The van der Waals surface area contributed by atoms with Crippen LogP contribution in [0.25, 0.3) is 0 Å². The molecule has 2 N–H and O–H groups in total. The molecule has 0 bridgehead atoms. The summed E-state index contributed by atoms with van der Waals surface area (Å²) >= 11 is 0. The molecular weight excluding hydrogens is 296 g/mol. The van der Waals surface area contributed by atoms with Crippen molar-refractivity contribution >= 4 is 11.7 Å². The highest BCUT2D eigenvalue weighted by Crippen LogP contribution is 2.20. The second-order valence-electron chi connectivity index (χ2n) is 5.27. The van der Waals surface area contributed by atoms with E-state index in [1.807, 2.05) is 36.5 Å². The van der Waals surface area contributed by atoms with Crippen molar-refractivity contribution in [2.75, 3.05) is 7.11 Å². The molecule has 6 heteroatoms. The van der Waals surface area contributed by atoms with Gasteiger partial charge in [0.2, 0.25) is 0 Å². The Kier molecular flexibility index (Phi) is 5.43. The molecule has 0 heterocycles. The number of nitro benzene ring substituents is 1. The average molecular weight is 315 g/mol. The Balaban J connectivity index is 2.08. The maximum absolute atomic E-state index is 11.5. The number of methoxy groups -OCH3 is 1. The van der Waals surface area contributed by atoms with Crippen molar-refractivity contribution in [1.29, 1.82) is 0 Å². The van der Waals surface area contributed by atoms with Crippen molar-refractivity contribution in [3.05, 3.63) is 74.8 Å². The highest BCUT2D eigenvalue weighted by atomic mass is 16.6. The zero-order chi connectivity index (χ0) is 16.8. The van der Waals surface area contributed by atoms with E-state index in [-0.39, 0.29) is 11.3 Å². The molecule has 0 saturated heterocycles. The largest absolute Gasteiger partial charge is 0.465 e. The molecule has 120 valence electrons. The number of ether oxygens (including phenoxy) is 1. The zero-order valence-electron chi connectivity index (χ0n) is 13.1. The number of carbonyl (C=O) groups is 1. The topological polar surface area (TPSA) is 86.0 Å². The standard InChI is InChI=1S/C17H18N2O4/c1-12-3-5-13(6-4-12)10-18-11-15-8-7-14(17(20)23-2)9-16(15)19(21)22/h3-9,18H,10-11H2,1-2H3/p+1. The van der Waals surface area contributed by atoms with Crippen LogP contribution in [0, 0.1) is 17.0 Å². The fraction of sp³-hybridized carbons (Fsp3) is 0.235. The predicted molar refractivity (Wildman–Crippen MR) is 84.9 cm³/mol. The first-order valence-electron chi connectivity index (χ1n) is 7.24. The molecule has 0 spiro atoms. The second-order valence-corrected chi connectivity index (χ2v) is 5.27. The summed E-state index contributed by atoms with van der Waals surface area (Å²) in [6, 6.07) is 12.6. The number of nitro groups is 1. The quantitative estimate of drug-likeness (QED) is 0.501. The average Bonchev–Trinajstić information content (AvgIpc) is 2.56. The monoisotopic (exact) mass is 315 g/mol. The molecule has 23 heavy (non-hydrogen) atoms. The molecule has 6 nitrogen and oxygen atoms in total. The predicted octanol–water partition coefficient (Wildman–Crippen LogP) is 1.95. The molecule has 0 aliphatic rings. The minimum Gasteiger partial charge on any atom is -0.465 e. The van der Waals surface area contributed by atoms with Gasteiger partial charge in [0.1, 0.15) is 13.1 Å². The summed E-state index contributed by atoms with van der Waals surface area (Å²) in [5, 5.41) is 13.2. The smallest absolute Gasteiger partial charge is 0.338 e. The molecule has 0 fully saturated rings. The number of hydrogen-bond donors (Lipinski definition) is 1. The van der Waals surface area contributed by atoms with Crippen molar-refractivity contribution in [2.24, 2.45) is 0 Å². The summed E-state index contributed by atoms with van der Waals surface area (Å²) in [6.45, 7) is 3.22. The van der Waals surface area contributed by atoms with Crippen LogP contribution in [-0.2, 0) is 17.8 Å². The van der Waals surface area contributed by atoms with E-state index < -0.39 is 10.9 Å². The molecule has 0 saturated carbocycles. The minimum absolute atomic E-state index is 0.0620. The summed E-state index contributed by atoms with van der Waals surface area (Å²) in [4.78, 5) is 22.2. The van der Waals surface area contributed by atoms with Crippen molar-refractivity contribution < 1.29 is 19.8 Å². The van der Waals surface area contributed by atoms with E-state index in [0.717, 1.165) is 12.1 Å². The Bertz CT molecular complexity index is 711. The number of hydrogen-bond acceptors (Lipinski definition) is 4. The third-order valence-electron chi connectivity index (χ3n) is 3.57. The Hall–Kier alpha value is -2.73. The Labute approximate surface area is 134 Å². The SMILES string of the molecule is COC(=O)c1ccc(C[NH2+]Cc2ccc(C)cc2)c([N+](=O)[O-])c1. The van der Waals surface area contributed by atoms with E-state index in [9.17, 15) is 14.9 Å². The number of rotatable bonds is 6. The molecule has 2 rings (SSSR count). The number of aryl methyl sites for hydroxylation is 1. The first-order valence-corrected chi connectivity index (χ1v) is 7.24. The highest BCUT2D eigenvalue weighted by molar-refractivity contribution is 5.90. The Morgan fingerprint density at radius 2 is 1.87 bits per heavy atom. The van der Waals surface area contributed by atoms with Gasteiger partial charge >= 0.3 is 5.97 Å². The van der Waals surface area contributed by atoms with Gasteiger partial charge in [0.25, 0.3) is 5.69 Å². The molecule has 0 radical (unpaired) electrons. The van der Waals surface area contributed by atoms with E-state index in [1.54, 1.807) is 12.1 Å². The molecule has 0 unspecified atom stereocenters. The van der Waals surface area contributed by atoms with Crippen molar-refractivity contribution in [3.63, 3.8) is 0 Å². The Morgan fingerprint density at radius 3 is 2.48 bits per heavy atom. The maximum atomic E-state index is 11.5. The fourth-order valence-corrected chi connectivity index (χ4v) is 2.27. The number of carbonyl (C=O) groups excluding carboxylic acids is 1. The van der Waals surface area contributed by atoms with Gasteiger partial charge in [-0.1, -0.05) is 29.8 Å². The maximum Gasteiger partial charge on any atom is 0.338 e. The zero-order valence-corrected chi connectivity index (χ0v) is 13.1. The van der Waals surface area contributed by atoms with Crippen LogP contribution in [0.1, 0.15) is 27.0 Å². The first kappa shape index (κ1) is 16.6. The molecular formula is C17H19N2O4+. The number of nitrogens with two attached hydrogens (primary N) is 1. The van der Waals surface area contributed by atoms with Gasteiger partial charge in [-0.05, 0) is 19.1 Å². The van der Waals surface area contributed by atoms with Gasteiger partial charge in [-0.3, -0.25) is 10.1 Å². The summed E-state index contributed by atoms with van der Waals surface area (Å²) in [6.07, 6.45) is 0. The van der Waals surface area contributed by atoms with Gasteiger partial charge in [-0.25, -0.2) is 4.79 Å². The van der Waals surface area contributed by atoms with Crippen molar-refractivity contribution in [3.8, 4) is 0 Å². The number of quaternary nitrogens is 1. The number of benzene rings is 2. The van der Waals surface area contributed by atoms with Crippen LogP contribution in [0.5, 0.6) is 0 Å². The molecule has 0 amide bonds. The van der Waals surface area contributed by atoms with Crippen LogP contribution >= 0.6 is 0 Å². The van der Waals surface area contributed by atoms with Gasteiger partial charge in [0.15, 0.2) is 0 Å². The van der Waals surface area contributed by atoms with Crippen LogP contribution in [0.15, 0.2) is 42.5 Å². The summed E-state index contributed by atoms with van der Waals surface area (Å²) < 4.78 is 4.59. The number of esters is 1. The second kappa shape index (κ2) is 7.51. The van der Waals surface area contributed by atoms with E-state index >= 15 is 0 Å². The van der Waals surface area contributed by atoms with Gasteiger partial charge in [0.05, 0.1) is 23.2 Å². The van der Waals surface area contributed by atoms with Crippen LogP contribution < -0.4 is 5.32 Å². The number of nitrogens with zero attached hydrogens (tertiary/aromatic N) is 1. The normalized spacial score (nSPS) is 10.3. The lowest BCUT2D eigenvalue weighted by Crippen LogP contribution is -2.80. The third kappa shape index (κ3) is 4.37. The fourth-order valence-electron chi connectivity index (χ4n) is 2.27. The van der Waals surface area contributed by atoms with Crippen LogP contribution in [0.3, 0.4) is 0 Å². The summed E-state index contributed by atoms with van der Waals surface area (Å²) in [5.41, 5.74) is 3.05. The molecule has 0 aliphatic carbocycles. The minimum atomic E-state index is -0.580. The lowest BCUT2D eigenvalue weighted by atomic mass is 10.1. The van der Waals surface area contributed by atoms with Crippen molar-refractivity contribution in [1.82, 2.24) is 0 Å². The van der Waals surface area contributed by atoms with Gasteiger partial charge in [0, 0.05) is 11.6 Å². The van der Waals surface area contributed by atoms with Crippen LogP contribution in [0.4, 0.5) is 5.69 Å². The van der Waals surface area contributed by atoms with E-state index in [4.69, 9.17) is 0 Å². The molecule has 0 atom stereocenters. The van der Waals surface area contributed by atoms with Crippen LogP contribution in [-0.4, -0.2) is 18.0 Å². The van der Waals surface area contributed by atoms with Gasteiger partial charge < -0.3 is 10.1 Å². The molecule has 0 aliphatic heterocycles. The van der Waals surface area contributed by atoms with Gasteiger partial charge in [-0.2, -0.15) is 0 Å².